The van der Waals surface area contributed by atoms with Crippen LogP contribution in [-0.2, 0) is 16.1 Å². The van der Waals surface area contributed by atoms with Crippen LogP contribution in [0.3, 0.4) is 0 Å². The molecule has 1 heterocycles. The van der Waals surface area contributed by atoms with Gasteiger partial charge >= 0.3 is 0 Å². The predicted molar refractivity (Wildman–Crippen MR) is 107 cm³/mol. The number of carbonyl (C=O) groups is 2. The third-order valence-corrected chi connectivity index (χ3v) is 4.33. The summed E-state index contributed by atoms with van der Waals surface area (Å²) in [5.74, 6) is -0.293. The number of nitrogens with one attached hydrogen (secondary N) is 2. The number of rotatable bonds is 6. The van der Waals surface area contributed by atoms with Gasteiger partial charge in [-0.15, -0.1) is 24.8 Å². The Morgan fingerprint density at radius 3 is 2.46 bits per heavy atom. The highest BCUT2D eigenvalue weighted by Gasteiger charge is 2.35. The SMILES string of the molecule is CC[C@@H](N)C(=O)N1CCC[C@H]1C(=O)NCc1ccc(C(=N)N)cc1.Cl.Cl. The number of amides is 2. The predicted octanol–water partition coefficient (Wildman–Crippen LogP) is 1.16. The van der Waals surface area contributed by atoms with E-state index in [9.17, 15) is 9.59 Å². The van der Waals surface area contributed by atoms with Crippen LogP contribution in [0, 0.1) is 5.41 Å². The Labute approximate surface area is 166 Å². The van der Waals surface area contributed by atoms with E-state index in [-0.39, 0.29) is 42.5 Å². The normalized spacial score (nSPS) is 16.8. The fourth-order valence-electron chi connectivity index (χ4n) is 2.80. The van der Waals surface area contributed by atoms with Crippen molar-refractivity contribution in [3.63, 3.8) is 0 Å². The van der Waals surface area contributed by atoms with Crippen LogP contribution in [0.15, 0.2) is 24.3 Å². The van der Waals surface area contributed by atoms with Crippen LogP contribution >= 0.6 is 24.8 Å². The number of amidine groups is 1. The van der Waals surface area contributed by atoms with Gasteiger partial charge in [0, 0.05) is 18.7 Å². The molecule has 26 heavy (non-hydrogen) atoms. The zero-order chi connectivity index (χ0) is 17.7. The average Bonchev–Trinajstić information content (AvgIpc) is 3.08. The highest BCUT2D eigenvalue weighted by atomic mass is 35.5. The zero-order valence-electron chi connectivity index (χ0n) is 14.7. The molecule has 1 aliphatic rings. The van der Waals surface area contributed by atoms with Gasteiger partial charge in [-0.25, -0.2) is 0 Å². The fourth-order valence-corrected chi connectivity index (χ4v) is 2.80. The fraction of sp³-hybridized carbons (Fsp3) is 0.471. The van der Waals surface area contributed by atoms with E-state index in [1.165, 1.54) is 0 Å². The lowest BCUT2D eigenvalue weighted by atomic mass is 10.1. The van der Waals surface area contributed by atoms with Gasteiger partial charge in [0.15, 0.2) is 0 Å². The number of nitrogens with two attached hydrogens (primary N) is 2. The second kappa shape index (κ2) is 11.0. The van der Waals surface area contributed by atoms with Crippen LogP contribution in [0.2, 0.25) is 0 Å². The average molecular weight is 404 g/mol. The van der Waals surface area contributed by atoms with Gasteiger partial charge in [-0.05, 0) is 24.8 Å². The maximum atomic E-state index is 12.4. The van der Waals surface area contributed by atoms with Gasteiger partial charge in [-0.1, -0.05) is 31.2 Å². The van der Waals surface area contributed by atoms with Gasteiger partial charge in [0.1, 0.15) is 11.9 Å². The van der Waals surface area contributed by atoms with Gasteiger partial charge in [-0.3, -0.25) is 15.0 Å². The molecule has 0 spiro atoms. The molecule has 2 atom stereocenters. The van der Waals surface area contributed by atoms with Crippen LogP contribution < -0.4 is 16.8 Å². The number of carbonyl (C=O) groups excluding carboxylic acids is 2. The van der Waals surface area contributed by atoms with E-state index >= 15 is 0 Å². The van der Waals surface area contributed by atoms with Crippen LogP contribution in [0.4, 0.5) is 0 Å². The lowest BCUT2D eigenvalue weighted by molar-refractivity contribution is -0.139. The van der Waals surface area contributed by atoms with Gasteiger partial charge < -0.3 is 21.7 Å². The van der Waals surface area contributed by atoms with Crippen molar-refractivity contribution in [1.82, 2.24) is 10.2 Å². The lowest BCUT2D eigenvalue weighted by Gasteiger charge is -2.26. The molecule has 2 rings (SSSR count). The molecular weight excluding hydrogens is 377 g/mol. The number of nitrogens with zero attached hydrogens (tertiary/aromatic N) is 1. The lowest BCUT2D eigenvalue weighted by Crippen LogP contribution is -2.50. The first-order valence-corrected chi connectivity index (χ1v) is 8.21. The Balaban J connectivity index is 0.00000312. The quantitative estimate of drug-likeness (QED) is 0.419. The first kappa shape index (κ1) is 24.2. The van der Waals surface area contributed by atoms with E-state index < -0.39 is 12.1 Å². The highest BCUT2D eigenvalue weighted by Crippen LogP contribution is 2.19. The number of hydrogen-bond acceptors (Lipinski definition) is 4. The van der Waals surface area contributed by atoms with Gasteiger partial charge in [0.05, 0.1) is 6.04 Å². The Morgan fingerprint density at radius 1 is 1.31 bits per heavy atom. The highest BCUT2D eigenvalue weighted by molar-refractivity contribution is 5.95. The summed E-state index contributed by atoms with van der Waals surface area (Å²) in [4.78, 5) is 26.3. The summed E-state index contributed by atoms with van der Waals surface area (Å²) in [6, 6.07) is 6.15. The minimum absolute atomic E-state index is 0. The molecule has 0 aliphatic carbocycles. The van der Waals surface area contributed by atoms with Gasteiger partial charge in [0.25, 0.3) is 0 Å². The summed E-state index contributed by atoms with van der Waals surface area (Å²) in [5, 5.41) is 10.2. The van der Waals surface area contributed by atoms with Crippen molar-refractivity contribution >= 4 is 42.5 Å². The standard InChI is InChI=1S/C17H25N5O2.2ClH/c1-2-13(18)17(24)22-9-3-4-14(22)16(23)21-10-11-5-7-12(8-6-11)15(19)20;;/h5-8,13-14H,2-4,9-10,18H2,1H3,(H3,19,20)(H,21,23);2*1H/t13-,14+;;/m1../s1. The molecule has 1 aromatic rings. The Kier molecular flexibility index (Phi) is 10.2. The summed E-state index contributed by atoms with van der Waals surface area (Å²) >= 11 is 0. The molecule has 0 saturated carbocycles. The number of nitrogen functional groups attached to an aromatic ring is 1. The summed E-state index contributed by atoms with van der Waals surface area (Å²) in [6.45, 7) is 2.81. The van der Waals surface area contributed by atoms with E-state index in [0.717, 1.165) is 12.0 Å². The Morgan fingerprint density at radius 2 is 1.92 bits per heavy atom. The molecule has 7 nitrogen and oxygen atoms in total. The van der Waals surface area contributed by atoms with Crippen LogP contribution in [0.25, 0.3) is 0 Å². The summed E-state index contributed by atoms with van der Waals surface area (Å²) < 4.78 is 0. The smallest absolute Gasteiger partial charge is 0.243 e. The maximum Gasteiger partial charge on any atom is 0.243 e. The number of benzene rings is 1. The van der Waals surface area contributed by atoms with E-state index in [2.05, 4.69) is 5.32 Å². The summed E-state index contributed by atoms with van der Waals surface area (Å²) in [6.07, 6.45) is 2.04. The molecule has 1 aliphatic heterocycles. The first-order valence-electron chi connectivity index (χ1n) is 8.21. The largest absolute Gasteiger partial charge is 0.384 e. The van der Waals surface area contributed by atoms with Crippen molar-refractivity contribution in [1.29, 1.82) is 5.41 Å². The Bertz CT molecular complexity index is 624. The molecule has 1 saturated heterocycles. The second-order valence-electron chi connectivity index (χ2n) is 6.03. The third kappa shape index (κ3) is 5.86. The van der Waals surface area contributed by atoms with Gasteiger partial charge in [-0.2, -0.15) is 0 Å². The van der Waals surface area contributed by atoms with Crippen LogP contribution in [0.1, 0.15) is 37.3 Å². The molecule has 0 radical (unpaired) electrons. The Hall–Kier alpha value is -1.83. The monoisotopic (exact) mass is 403 g/mol. The molecule has 6 N–H and O–H groups in total. The number of halogens is 2. The van der Waals surface area contributed by atoms with Crippen molar-refractivity contribution in [3.05, 3.63) is 35.4 Å². The minimum atomic E-state index is -0.544. The topological polar surface area (TPSA) is 125 Å². The molecule has 1 fully saturated rings. The van der Waals surface area contributed by atoms with E-state index in [1.807, 2.05) is 19.1 Å². The first-order chi connectivity index (χ1) is 11.4. The molecule has 146 valence electrons. The van der Waals surface area contributed by atoms with Crippen molar-refractivity contribution < 1.29 is 9.59 Å². The molecule has 0 aromatic heterocycles. The molecule has 1 aromatic carbocycles. The second-order valence-corrected chi connectivity index (χ2v) is 6.03. The van der Waals surface area contributed by atoms with Crippen molar-refractivity contribution in [2.45, 2.75) is 44.8 Å². The third-order valence-electron chi connectivity index (χ3n) is 4.33. The molecule has 9 heteroatoms. The number of hydrogen-bond donors (Lipinski definition) is 4. The maximum absolute atomic E-state index is 12.4. The zero-order valence-corrected chi connectivity index (χ0v) is 16.4. The number of likely N-dealkylation sites (tertiary alicyclic amines) is 1. The molecular formula is C17H27Cl2N5O2. The molecule has 0 bridgehead atoms. The van der Waals surface area contributed by atoms with Crippen molar-refractivity contribution in [3.8, 4) is 0 Å². The van der Waals surface area contributed by atoms with E-state index in [4.69, 9.17) is 16.9 Å². The van der Waals surface area contributed by atoms with E-state index in [1.54, 1.807) is 17.0 Å². The van der Waals surface area contributed by atoms with Crippen LogP contribution in [-0.4, -0.2) is 41.2 Å². The van der Waals surface area contributed by atoms with Crippen molar-refractivity contribution in [2.24, 2.45) is 11.5 Å². The molecule has 0 unspecified atom stereocenters. The van der Waals surface area contributed by atoms with Crippen LogP contribution in [0.5, 0.6) is 0 Å². The van der Waals surface area contributed by atoms with Gasteiger partial charge in [0.2, 0.25) is 11.8 Å². The van der Waals surface area contributed by atoms with E-state index in [0.29, 0.717) is 31.5 Å². The summed E-state index contributed by atoms with van der Waals surface area (Å²) in [7, 11) is 0. The summed E-state index contributed by atoms with van der Waals surface area (Å²) in [5.41, 5.74) is 12.8. The molecule has 2 amide bonds. The van der Waals surface area contributed by atoms with Crippen molar-refractivity contribution in [2.75, 3.05) is 6.54 Å². The minimum Gasteiger partial charge on any atom is -0.384 e.